The van der Waals surface area contributed by atoms with Crippen LogP contribution in [0.3, 0.4) is 0 Å². The van der Waals surface area contributed by atoms with Crippen molar-refractivity contribution in [1.82, 2.24) is 15.2 Å². The van der Waals surface area contributed by atoms with Crippen LogP contribution in [0.25, 0.3) is 0 Å². The molecular formula is C26H34ClN3O3. The maximum Gasteiger partial charge on any atom is 0.252 e. The number of ether oxygens (including phenoxy) is 1. The van der Waals surface area contributed by atoms with Gasteiger partial charge in [-0.2, -0.15) is 0 Å². The minimum atomic E-state index is -0.267. The number of carbonyl (C=O) groups excluding carboxylic acids is 1. The van der Waals surface area contributed by atoms with Gasteiger partial charge in [-0.3, -0.25) is 9.59 Å². The van der Waals surface area contributed by atoms with E-state index in [2.05, 4.69) is 15.2 Å². The van der Waals surface area contributed by atoms with Crippen molar-refractivity contribution in [3.8, 4) is 5.75 Å². The van der Waals surface area contributed by atoms with E-state index < -0.39 is 0 Å². The van der Waals surface area contributed by atoms with E-state index in [1.165, 1.54) is 25.9 Å². The number of aromatic amines is 1. The van der Waals surface area contributed by atoms with Gasteiger partial charge in [-0.15, -0.1) is 0 Å². The zero-order valence-corrected chi connectivity index (χ0v) is 20.6. The van der Waals surface area contributed by atoms with Crippen LogP contribution in [0.4, 0.5) is 0 Å². The molecule has 4 rings (SSSR count). The third-order valence-corrected chi connectivity index (χ3v) is 7.29. The van der Waals surface area contributed by atoms with Crippen molar-refractivity contribution < 1.29 is 9.53 Å². The number of amides is 1. The summed E-state index contributed by atoms with van der Waals surface area (Å²) in [5.74, 6) is 0.401. The molecule has 2 fully saturated rings. The first kappa shape index (κ1) is 23.8. The van der Waals surface area contributed by atoms with Crippen LogP contribution in [0.1, 0.15) is 71.4 Å². The van der Waals surface area contributed by atoms with Crippen molar-refractivity contribution in [1.29, 1.82) is 0 Å². The molecule has 1 aliphatic carbocycles. The van der Waals surface area contributed by atoms with E-state index in [-0.39, 0.29) is 24.0 Å². The molecule has 2 aliphatic rings. The normalized spacial score (nSPS) is 21.2. The highest BCUT2D eigenvalue weighted by atomic mass is 35.5. The van der Waals surface area contributed by atoms with E-state index in [1.54, 1.807) is 18.2 Å². The van der Waals surface area contributed by atoms with Gasteiger partial charge in [0.2, 0.25) is 0 Å². The molecule has 178 valence electrons. The lowest BCUT2D eigenvalue weighted by Crippen LogP contribution is -2.38. The molecule has 2 N–H and O–H groups in total. The Kier molecular flexibility index (Phi) is 7.45. The van der Waals surface area contributed by atoms with Gasteiger partial charge in [-0.25, -0.2) is 0 Å². The Hall–Kier alpha value is -2.31. The molecule has 0 radical (unpaired) electrons. The number of aromatic nitrogens is 1. The van der Waals surface area contributed by atoms with Crippen LogP contribution in [0.15, 0.2) is 23.0 Å². The van der Waals surface area contributed by atoms with Gasteiger partial charge in [0.05, 0.1) is 6.10 Å². The van der Waals surface area contributed by atoms with Gasteiger partial charge in [-0.1, -0.05) is 11.6 Å². The molecule has 1 amide bonds. The highest BCUT2D eigenvalue weighted by Gasteiger charge is 2.29. The van der Waals surface area contributed by atoms with Crippen LogP contribution in [0, 0.1) is 20.8 Å². The second-order valence-electron chi connectivity index (χ2n) is 9.47. The molecule has 2 heterocycles. The molecule has 0 atom stereocenters. The molecule has 0 bridgehead atoms. The summed E-state index contributed by atoms with van der Waals surface area (Å²) in [7, 11) is 0. The number of hydrogen-bond acceptors (Lipinski definition) is 4. The third kappa shape index (κ3) is 5.61. The Morgan fingerprint density at radius 3 is 2.48 bits per heavy atom. The van der Waals surface area contributed by atoms with Gasteiger partial charge in [-0.05, 0) is 84.5 Å². The van der Waals surface area contributed by atoms with Crippen LogP contribution in [0.2, 0.25) is 5.02 Å². The van der Waals surface area contributed by atoms with E-state index in [0.717, 1.165) is 42.6 Å². The van der Waals surface area contributed by atoms with Crippen molar-refractivity contribution in [3.05, 3.63) is 61.5 Å². The lowest BCUT2D eigenvalue weighted by atomic mass is 9.92. The van der Waals surface area contributed by atoms with E-state index in [0.29, 0.717) is 27.9 Å². The largest absolute Gasteiger partial charge is 0.490 e. The molecule has 7 heteroatoms. The van der Waals surface area contributed by atoms with Crippen molar-refractivity contribution >= 4 is 17.5 Å². The average Bonchev–Trinajstić information content (AvgIpc) is 3.30. The number of hydrogen-bond donors (Lipinski definition) is 2. The van der Waals surface area contributed by atoms with Crippen molar-refractivity contribution in [3.63, 3.8) is 0 Å². The molecule has 6 nitrogen and oxygen atoms in total. The molecule has 1 aromatic carbocycles. The summed E-state index contributed by atoms with van der Waals surface area (Å²) >= 11 is 6.36. The summed E-state index contributed by atoms with van der Waals surface area (Å²) < 4.78 is 6.34. The third-order valence-electron chi connectivity index (χ3n) is 7.07. The van der Waals surface area contributed by atoms with Gasteiger partial charge >= 0.3 is 0 Å². The number of H-pyrrole nitrogens is 1. The van der Waals surface area contributed by atoms with E-state index in [1.807, 2.05) is 20.8 Å². The SMILES string of the molecule is Cc1cc(=O)c(CNC(=O)c2cc(Cl)cc(OC3CCC(N4CCCC4)CC3)c2C)c(C)[nH]1. The highest BCUT2D eigenvalue weighted by molar-refractivity contribution is 6.31. The number of pyridine rings is 1. The molecule has 2 aromatic rings. The van der Waals surface area contributed by atoms with Gasteiger partial charge in [0.25, 0.3) is 5.91 Å². The lowest BCUT2D eigenvalue weighted by Gasteiger charge is -2.34. The second-order valence-corrected chi connectivity index (χ2v) is 9.91. The van der Waals surface area contributed by atoms with Crippen molar-refractivity contribution in [2.24, 2.45) is 0 Å². The minimum Gasteiger partial charge on any atom is -0.490 e. The number of benzene rings is 1. The predicted octanol–water partition coefficient (Wildman–Crippen LogP) is 4.67. The summed E-state index contributed by atoms with van der Waals surface area (Å²) in [6.07, 6.45) is 7.13. The summed E-state index contributed by atoms with van der Waals surface area (Å²) in [5, 5.41) is 3.34. The van der Waals surface area contributed by atoms with Crippen LogP contribution in [-0.4, -0.2) is 41.0 Å². The average molecular weight is 472 g/mol. The van der Waals surface area contributed by atoms with Crippen molar-refractivity contribution in [2.75, 3.05) is 13.1 Å². The summed E-state index contributed by atoms with van der Waals surface area (Å²) in [6, 6.07) is 5.69. The zero-order valence-electron chi connectivity index (χ0n) is 19.8. The Labute approximate surface area is 200 Å². The monoisotopic (exact) mass is 471 g/mol. The molecule has 1 aromatic heterocycles. The first-order chi connectivity index (χ1) is 15.8. The predicted molar refractivity (Wildman–Crippen MR) is 131 cm³/mol. The number of rotatable bonds is 6. The summed E-state index contributed by atoms with van der Waals surface area (Å²) in [4.78, 5) is 31.0. The van der Waals surface area contributed by atoms with Gasteiger partial charge in [0, 0.05) is 51.8 Å². The number of aryl methyl sites for hydroxylation is 2. The summed E-state index contributed by atoms with van der Waals surface area (Å²) in [6.45, 7) is 8.19. The Morgan fingerprint density at radius 1 is 1.12 bits per heavy atom. The minimum absolute atomic E-state index is 0.0829. The Morgan fingerprint density at radius 2 is 1.82 bits per heavy atom. The second kappa shape index (κ2) is 10.3. The molecule has 33 heavy (non-hydrogen) atoms. The number of likely N-dealkylation sites (tertiary alicyclic amines) is 1. The van der Waals surface area contributed by atoms with E-state index in [9.17, 15) is 9.59 Å². The molecule has 1 saturated heterocycles. The Balaban J connectivity index is 1.41. The molecule has 0 spiro atoms. The van der Waals surface area contributed by atoms with Crippen LogP contribution in [-0.2, 0) is 6.54 Å². The summed E-state index contributed by atoms with van der Waals surface area (Å²) in [5.41, 5.74) is 3.28. The Bertz CT molecular complexity index is 1070. The maximum absolute atomic E-state index is 13.0. The van der Waals surface area contributed by atoms with Gasteiger partial charge in [0.15, 0.2) is 5.43 Å². The fourth-order valence-electron chi connectivity index (χ4n) is 5.19. The number of carbonyl (C=O) groups is 1. The zero-order chi connectivity index (χ0) is 23.5. The number of halogens is 1. The fraction of sp³-hybridized carbons (Fsp3) is 0.538. The van der Waals surface area contributed by atoms with Crippen molar-refractivity contribution in [2.45, 2.75) is 78.0 Å². The first-order valence-corrected chi connectivity index (χ1v) is 12.4. The first-order valence-electron chi connectivity index (χ1n) is 12.0. The van der Waals surface area contributed by atoms with Crippen LogP contribution in [0.5, 0.6) is 5.75 Å². The molecule has 1 saturated carbocycles. The van der Waals surface area contributed by atoms with E-state index in [4.69, 9.17) is 16.3 Å². The number of nitrogens with one attached hydrogen (secondary N) is 2. The quantitative estimate of drug-likeness (QED) is 0.642. The topological polar surface area (TPSA) is 74.4 Å². The molecule has 0 unspecified atom stereocenters. The highest BCUT2D eigenvalue weighted by Crippen LogP contribution is 2.32. The number of nitrogens with zero attached hydrogens (tertiary/aromatic N) is 1. The van der Waals surface area contributed by atoms with Gasteiger partial charge < -0.3 is 19.9 Å². The fourth-order valence-corrected chi connectivity index (χ4v) is 5.39. The molecule has 1 aliphatic heterocycles. The molecular weight excluding hydrogens is 438 g/mol. The van der Waals surface area contributed by atoms with Crippen LogP contribution >= 0.6 is 11.6 Å². The maximum atomic E-state index is 13.0. The van der Waals surface area contributed by atoms with Crippen LogP contribution < -0.4 is 15.5 Å². The lowest BCUT2D eigenvalue weighted by molar-refractivity contribution is 0.0940. The standard InChI is InChI=1S/C26H34ClN3O3/c1-16-12-24(31)23(18(3)29-16)15-28-26(32)22-13-19(27)14-25(17(22)2)33-21-8-6-20(7-9-21)30-10-4-5-11-30/h12-14,20-21H,4-11,15H2,1-3H3,(H,28,32)(H,29,31). The van der Waals surface area contributed by atoms with E-state index >= 15 is 0 Å². The van der Waals surface area contributed by atoms with Gasteiger partial charge in [0.1, 0.15) is 5.75 Å². The smallest absolute Gasteiger partial charge is 0.252 e.